The van der Waals surface area contributed by atoms with Crippen LogP contribution >= 0.6 is 0 Å². The molecule has 0 atom stereocenters. The SMILES string of the molecule is Cn1ccc(C(=O)Nc2ccc(C#N)cc2N)n1. The summed E-state index contributed by atoms with van der Waals surface area (Å²) in [5.41, 5.74) is 7.30. The molecule has 3 N–H and O–H groups in total. The predicted molar refractivity (Wildman–Crippen MR) is 66.7 cm³/mol. The zero-order chi connectivity index (χ0) is 13.1. The first-order chi connectivity index (χ1) is 8.60. The van der Waals surface area contributed by atoms with Gasteiger partial charge in [0.2, 0.25) is 0 Å². The maximum Gasteiger partial charge on any atom is 0.276 e. The van der Waals surface area contributed by atoms with E-state index in [9.17, 15) is 4.79 Å². The van der Waals surface area contributed by atoms with Crippen molar-refractivity contribution in [2.45, 2.75) is 0 Å². The molecule has 1 amide bonds. The highest BCUT2D eigenvalue weighted by Gasteiger charge is 2.10. The molecule has 0 fully saturated rings. The van der Waals surface area contributed by atoms with Gasteiger partial charge in [-0.1, -0.05) is 0 Å². The summed E-state index contributed by atoms with van der Waals surface area (Å²) in [5.74, 6) is -0.341. The van der Waals surface area contributed by atoms with Crippen molar-refractivity contribution in [1.29, 1.82) is 5.26 Å². The van der Waals surface area contributed by atoms with Gasteiger partial charge in [-0.05, 0) is 24.3 Å². The van der Waals surface area contributed by atoms with E-state index in [4.69, 9.17) is 11.0 Å². The molecule has 6 nitrogen and oxygen atoms in total. The summed E-state index contributed by atoms with van der Waals surface area (Å²) in [7, 11) is 1.73. The minimum Gasteiger partial charge on any atom is -0.397 e. The highest BCUT2D eigenvalue weighted by molar-refractivity contribution is 6.04. The first-order valence-corrected chi connectivity index (χ1v) is 5.21. The number of nitrogens with one attached hydrogen (secondary N) is 1. The summed E-state index contributed by atoms with van der Waals surface area (Å²) in [6.45, 7) is 0. The second kappa shape index (κ2) is 4.59. The van der Waals surface area contributed by atoms with E-state index < -0.39 is 0 Å². The van der Waals surface area contributed by atoms with Crippen molar-refractivity contribution >= 4 is 17.3 Å². The second-order valence-corrected chi connectivity index (χ2v) is 3.74. The summed E-state index contributed by atoms with van der Waals surface area (Å²) >= 11 is 0. The van der Waals surface area contributed by atoms with Crippen LogP contribution in [0, 0.1) is 11.3 Å². The molecule has 0 aliphatic heterocycles. The number of anilines is 2. The van der Waals surface area contributed by atoms with E-state index in [2.05, 4.69) is 10.4 Å². The number of nitrogens with two attached hydrogens (primary N) is 1. The van der Waals surface area contributed by atoms with Crippen LogP contribution in [0.25, 0.3) is 0 Å². The van der Waals surface area contributed by atoms with E-state index in [-0.39, 0.29) is 5.91 Å². The Balaban J connectivity index is 2.20. The van der Waals surface area contributed by atoms with Crippen molar-refractivity contribution in [3.63, 3.8) is 0 Å². The van der Waals surface area contributed by atoms with Gasteiger partial charge in [0.15, 0.2) is 5.69 Å². The number of hydrogen-bond acceptors (Lipinski definition) is 4. The average molecular weight is 241 g/mol. The van der Waals surface area contributed by atoms with Crippen molar-refractivity contribution in [3.05, 3.63) is 41.7 Å². The minimum absolute atomic E-state index is 0.307. The fourth-order valence-corrected chi connectivity index (χ4v) is 1.47. The largest absolute Gasteiger partial charge is 0.397 e. The number of nitrogens with zero attached hydrogens (tertiary/aromatic N) is 3. The molecule has 18 heavy (non-hydrogen) atoms. The van der Waals surface area contributed by atoms with Crippen LogP contribution in [0.1, 0.15) is 16.1 Å². The number of nitrogen functional groups attached to an aromatic ring is 1. The molecular formula is C12H11N5O. The second-order valence-electron chi connectivity index (χ2n) is 3.74. The molecule has 0 unspecified atom stereocenters. The van der Waals surface area contributed by atoms with Gasteiger partial charge in [-0.25, -0.2) is 0 Å². The fourth-order valence-electron chi connectivity index (χ4n) is 1.47. The van der Waals surface area contributed by atoms with Gasteiger partial charge in [-0.15, -0.1) is 0 Å². The Labute approximate surface area is 104 Å². The molecule has 1 aromatic carbocycles. The Morgan fingerprint density at radius 1 is 1.50 bits per heavy atom. The van der Waals surface area contributed by atoms with Crippen molar-refractivity contribution < 1.29 is 4.79 Å². The summed E-state index contributed by atoms with van der Waals surface area (Å²) in [4.78, 5) is 11.8. The van der Waals surface area contributed by atoms with Gasteiger partial charge in [-0.3, -0.25) is 9.48 Å². The number of nitriles is 1. The van der Waals surface area contributed by atoms with E-state index in [1.165, 1.54) is 10.7 Å². The van der Waals surface area contributed by atoms with Crippen LogP contribution in [-0.2, 0) is 7.05 Å². The van der Waals surface area contributed by atoms with Gasteiger partial charge in [0, 0.05) is 13.2 Å². The summed E-state index contributed by atoms with van der Waals surface area (Å²) in [5, 5.41) is 15.3. The minimum atomic E-state index is -0.341. The number of aryl methyl sites for hydroxylation is 1. The van der Waals surface area contributed by atoms with Gasteiger partial charge >= 0.3 is 0 Å². The molecule has 6 heteroatoms. The molecule has 0 saturated carbocycles. The zero-order valence-electron chi connectivity index (χ0n) is 9.71. The van der Waals surface area contributed by atoms with E-state index in [1.54, 1.807) is 31.4 Å². The number of benzene rings is 1. The topological polar surface area (TPSA) is 96.7 Å². The van der Waals surface area contributed by atoms with Crippen LogP contribution in [0.2, 0.25) is 0 Å². The molecule has 2 aromatic rings. The first-order valence-electron chi connectivity index (χ1n) is 5.21. The third-order valence-electron chi connectivity index (χ3n) is 2.38. The molecule has 1 heterocycles. The van der Waals surface area contributed by atoms with Gasteiger partial charge < -0.3 is 11.1 Å². The molecule has 0 saturated heterocycles. The molecule has 0 radical (unpaired) electrons. The van der Waals surface area contributed by atoms with Crippen molar-refractivity contribution in [2.75, 3.05) is 11.1 Å². The third-order valence-corrected chi connectivity index (χ3v) is 2.38. The Hall–Kier alpha value is -2.81. The lowest BCUT2D eigenvalue weighted by atomic mass is 10.2. The van der Waals surface area contributed by atoms with Crippen LogP contribution in [0.15, 0.2) is 30.5 Å². The van der Waals surface area contributed by atoms with Crippen LogP contribution < -0.4 is 11.1 Å². The molecule has 1 aromatic heterocycles. The van der Waals surface area contributed by atoms with Gasteiger partial charge in [0.1, 0.15) is 0 Å². The standard InChI is InChI=1S/C12H11N5O/c1-17-5-4-11(16-17)12(18)15-10-3-2-8(7-13)6-9(10)14/h2-6H,14H2,1H3,(H,15,18). The van der Waals surface area contributed by atoms with Crippen LogP contribution in [0.3, 0.4) is 0 Å². The lowest BCUT2D eigenvalue weighted by Gasteiger charge is -2.06. The maximum absolute atomic E-state index is 11.8. The van der Waals surface area contributed by atoms with E-state index in [1.807, 2.05) is 6.07 Å². The number of aromatic nitrogens is 2. The Bertz CT molecular complexity index is 638. The monoisotopic (exact) mass is 241 g/mol. The fraction of sp³-hybridized carbons (Fsp3) is 0.0833. The molecular weight excluding hydrogens is 230 g/mol. The van der Waals surface area contributed by atoms with Crippen molar-refractivity contribution in [1.82, 2.24) is 9.78 Å². The number of amides is 1. The quantitative estimate of drug-likeness (QED) is 0.770. The number of carbonyl (C=O) groups excluding carboxylic acids is 1. The molecule has 90 valence electrons. The molecule has 0 spiro atoms. The van der Waals surface area contributed by atoms with Crippen LogP contribution in [0.4, 0.5) is 11.4 Å². The zero-order valence-corrected chi connectivity index (χ0v) is 9.71. The number of rotatable bonds is 2. The predicted octanol–water partition coefficient (Wildman–Crippen LogP) is 1.13. The lowest BCUT2D eigenvalue weighted by molar-refractivity contribution is 0.102. The summed E-state index contributed by atoms with van der Waals surface area (Å²) in [6, 6.07) is 8.27. The Morgan fingerprint density at radius 3 is 2.83 bits per heavy atom. The van der Waals surface area contributed by atoms with Crippen LogP contribution in [-0.4, -0.2) is 15.7 Å². The van der Waals surface area contributed by atoms with E-state index in [0.29, 0.717) is 22.6 Å². The molecule has 2 rings (SSSR count). The van der Waals surface area contributed by atoms with Crippen molar-refractivity contribution in [2.24, 2.45) is 7.05 Å². The average Bonchev–Trinajstić information content (AvgIpc) is 2.78. The molecule has 0 aliphatic rings. The highest BCUT2D eigenvalue weighted by atomic mass is 16.1. The highest BCUT2D eigenvalue weighted by Crippen LogP contribution is 2.20. The van der Waals surface area contributed by atoms with Gasteiger partial charge in [0.05, 0.1) is 23.0 Å². The maximum atomic E-state index is 11.8. The van der Waals surface area contributed by atoms with Gasteiger partial charge in [0.25, 0.3) is 5.91 Å². The summed E-state index contributed by atoms with van der Waals surface area (Å²) in [6.07, 6.45) is 1.68. The third kappa shape index (κ3) is 2.30. The Kier molecular flexibility index (Phi) is 2.98. The molecule has 0 aliphatic carbocycles. The smallest absolute Gasteiger partial charge is 0.276 e. The molecule has 0 bridgehead atoms. The van der Waals surface area contributed by atoms with Gasteiger partial charge in [-0.2, -0.15) is 10.4 Å². The lowest BCUT2D eigenvalue weighted by Crippen LogP contribution is -2.14. The summed E-state index contributed by atoms with van der Waals surface area (Å²) < 4.78 is 1.54. The first kappa shape index (κ1) is 11.7. The van der Waals surface area contributed by atoms with Crippen molar-refractivity contribution in [3.8, 4) is 6.07 Å². The number of hydrogen-bond donors (Lipinski definition) is 2. The normalized spacial score (nSPS) is 9.78. The van der Waals surface area contributed by atoms with E-state index in [0.717, 1.165) is 0 Å². The number of carbonyl (C=O) groups is 1. The van der Waals surface area contributed by atoms with Crippen LogP contribution in [0.5, 0.6) is 0 Å². The van der Waals surface area contributed by atoms with E-state index >= 15 is 0 Å². The Morgan fingerprint density at radius 2 is 2.28 bits per heavy atom.